The van der Waals surface area contributed by atoms with E-state index in [1.54, 1.807) is 25.6 Å². The van der Waals surface area contributed by atoms with Gasteiger partial charge in [-0.15, -0.1) is 11.3 Å². The van der Waals surface area contributed by atoms with Crippen LogP contribution in [0.4, 0.5) is 4.79 Å². The highest BCUT2D eigenvalue weighted by molar-refractivity contribution is 7.15. The maximum absolute atomic E-state index is 10.4. The third-order valence-corrected chi connectivity index (χ3v) is 3.46. The minimum Gasteiger partial charge on any atom is -0.496 e. The van der Waals surface area contributed by atoms with Gasteiger partial charge < -0.3 is 15.2 Å². The standard InChI is InChI=1S/C12H12N2O3S/c1-17-10-4-5-13-7-9(10)11-3-2-8(18-11)6-14-12(15)16/h2-5,7,14H,6H2,1H3,(H,15,16). The van der Waals surface area contributed by atoms with Crippen LogP contribution in [-0.4, -0.2) is 23.3 Å². The molecule has 5 nitrogen and oxygen atoms in total. The number of rotatable bonds is 4. The van der Waals surface area contributed by atoms with Crippen LogP contribution in [0.25, 0.3) is 10.4 Å². The van der Waals surface area contributed by atoms with Crippen LogP contribution in [0.5, 0.6) is 5.75 Å². The van der Waals surface area contributed by atoms with Crippen LogP contribution in [-0.2, 0) is 6.54 Å². The zero-order valence-corrected chi connectivity index (χ0v) is 10.5. The molecule has 18 heavy (non-hydrogen) atoms. The summed E-state index contributed by atoms with van der Waals surface area (Å²) >= 11 is 1.51. The van der Waals surface area contributed by atoms with Gasteiger partial charge in [-0.3, -0.25) is 4.98 Å². The van der Waals surface area contributed by atoms with Gasteiger partial charge in [0.1, 0.15) is 5.75 Å². The van der Waals surface area contributed by atoms with E-state index in [9.17, 15) is 4.79 Å². The molecule has 0 atom stereocenters. The number of ether oxygens (including phenoxy) is 1. The normalized spacial score (nSPS) is 10.1. The molecule has 0 spiro atoms. The first kappa shape index (κ1) is 12.4. The number of hydrogen-bond donors (Lipinski definition) is 2. The molecule has 1 amide bonds. The van der Waals surface area contributed by atoms with Crippen molar-refractivity contribution in [2.75, 3.05) is 7.11 Å². The van der Waals surface area contributed by atoms with E-state index in [0.29, 0.717) is 6.54 Å². The number of hydrogen-bond acceptors (Lipinski definition) is 4. The van der Waals surface area contributed by atoms with Gasteiger partial charge in [0.15, 0.2) is 0 Å². The summed E-state index contributed by atoms with van der Waals surface area (Å²) in [5.41, 5.74) is 0.909. The Kier molecular flexibility index (Phi) is 3.78. The SMILES string of the molecule is COc1ccncc1-c1ccc(CNC(=O)O)s1. The molecule has 0 radical (unpaired) electrons. The lowest BCUT2D eigenvalue weighted by atomic mass is 10.2. The van der Waals surface area contributed by atoms with Crippen LogP contribution >= 0.6 is 11.3 Å². The first-order valence-electron chi connectivity index (χ1n) is 5.24. The molecular formula is C12H12N2O3S. The van der Waals surface area contributed by atoms with E-state index in [0.717, 1.165) is 21.1 Å². The Morgan fingerprint density at radius 3 is 3.06 bits per heavy atom. The fourth-order valence-corrected chi connectivity index (χ4v) is 2.49. The monoisotopic (exact) mass is 264 g/mol. The largest absolute Gasteiger partial charge is 0.496 e. The van der Waals surface area contributed by atoms with E-state index < -0.39 is 6.09 Å². The van der Waals surface area contributed by atoms with E-state index in [1.165, 1.54) is 11.3 Å². The van der Waals surface area contributed by atoms with Gasteiger partial charge in [0.2, 0.25) is 0 Å². The molecule has 6 heteroatoms. The van der Waals surface area contributed by atoms with Gasteiger partial charge in [0, 0.05) is 22.1 Å². The number of thiophene rings is 1. The molecule has 94 valence electrons. The minimum atomic E-state index is -1.02. The molecular weight excluding hydrogens is 252 g/mol. The summed E-state index contributed by atoms with van der Waals surface area (Å²) in [6, 6.07) is 5.62. The Balaban J connectivity index is 2.21. The van der Waals surface area contributed by atoms with E-state index >= 15 is 0 Å². The number of nitrogens with zero attached hydrogens (tertiary/aromatic N) is 1. The van der Waals surface area contributed by atoms with Crippen LogP contribution in [0.1, 0.15) is 4.88 Å². The van der Waals surface area contributed by atoms with Crippen molar-refractivity contribution in [3.05, 3.63) is 35.5 Å². The second-order valence-electron chi connectivity index (χ2n) is 3.50. The second kappa shape index (κ2) is 5.50. The van der Waals surface area contributed by atoms with Crippen LogP contribution < -0.4 is 10.1 Å². The predicted molar refractivity (Wildman–Crippen MR) is 69.0 cm³/mol. The van der Waals surface area contributed by atoms with Gasteiger partial charge in [-0.25, -0.2) is 4.79 Å². The number of pyridine rings is 1. The maximum Gasteiger partial charge on any atom is 0.404 e. The first-order chi connectivity index (χ1) is 8.70. The fourth-order valence-electron chi connectivity index (χ4n) is 1.53. The van der Waals surface area contributed by atoms with Gasteiger partial charge in [-0.1, -0.05) is 0 Å². The Labute approximate surface area is 108 Å². The molecule has 2 aromatic rings. The van der Waals surface area contributed by atoms with E-state index in [1.807, 2.05) is 12.1 Å². The third-order valence-electron chi connectivity index (χ3n) is 2.34. The summed E-state index contributed by atoms with van der Waals surface area (Å²) in [6.07, 6.45) is 2.38. The van der Waals surface area contributed by atoms with Gasteiger partial charge in [0.05, 0.1) is 19.2 Å². The zero-order valence-electron chi connectivity index (χ0n) is 9.71. The zero-order chi connectivity index (χ0) is 13.0. The van der Waals surface area contributed by atoms with Crippen molar-refractivity contribution in [2.24, 2.45) is 0 Å². The van der Waals surface area contributed by atoms with E-state index in [2.05, 4.69) is 10.3 Å². The summed E-state index contributed by atoms with van der Waals surface area (Å²) in [5.74, 6) is 0.754. The van der Waals surface area contributed by atoms with Crippen LogP contribution in [0.15, 0.2) is 30.6 Å². The maximum atomic E-state index is 10.4. The first-order valence-corrected chi connectivity index (χ1v) is 6.06. The molecule has 0 fully saturated rings. The van der Waals surface area contributed by atoms with Gasteiger partial charge in [-0.2, -0.15) is 0 Å². The highest BCUT2D eigenvalue weighted by atomic mass is 32.1. The summed E-state index contributed by atoms with van der Waals surface area (Å²) in [5, 5.41) is 10.9. The highest BCUT2D eigenvalue weighted by Crippen LogP contribution is 2.33. The fraction of sp³-hybridized carbons (Fsp3) is 0.167. The molecule has 0 aliphatic rings. The predicted octanol–water partition coefficient (Wildman–Crippen LogP) is 2.59. The summed E-state index contributed by atoms with van der Waals surface area (Å²) < 4.78 is 5.26. The highest BCUT2D eigenvalue weighted by Gasteiger charge is 2.08. The molecule has 0 saturated carbocycles. The number of amides is 1. The van der Waals surface area contributed by atoms with Crippen molar-refractivity contribution in [1.82, 2.24) is 10.3 Å². The van der Waals surface area contributed by atoms with Gasteiger partial charge >= 0.3 is 6.09 Å². The molecule has 0 unspecified atom stereocenters. The van der Waals surface area contributed by atoms with Gasteiger partial charge in [0.25, 0.3) is 0 Å². The summed E-state index contributed by atoms with van der Waals surface area (Å²) in [7, 11) is 1.61. The van der Waals surface area contributed by atoms with Crippen LogP contribution in [0, 0.1) is 0 Å². The average molecular weight is 264 g/mol. The molecule has 0 aliphatic heterocycles. The Morgan fingerprint density at radius 2 is 2.33 bits per heavy atom. The number of carboxylic acid groups (broad SMARTS) is 1. The Hall–Kier alpha value is -2.08. The van der Waals surface area contributed by atoms with Crippen molar-refractivity contribution in [3.8, 4) is 16.2 Å². The van der Waals surface area contributed by atoms with Crippen LogP contribution in [0.2, 0.25) is 0 Å². The van der Waals surface area contributed by atoms with Crippen molar-refractivity contribution in [3.63, 3.8) is 0 Å². The Morgan fingerprint density at radius 1 is 1.50 bits per heavy atom. The number of carbonyl (C=O) groups is 1. The molecule has 2 aromatic heterocycles. The lowest BCUT2D eigenvalue weighted by Crippen LogP contribution is -2.19. The van der Waals surface area contributed by atoms with E-state index in [-0.39, 0.29) is 0 Å². The summed E-state index contributed by atoms with van der Waals surface area (Å²) in [4.78, 5) is 16.4. The molecule has 0 saturated heterocycles. The van der Waals surface area contributed by atoms with Crippen molar-refractivity contribution in [2.45, 2.75) is 6.54 Å². The van der Waals surface area contributed by atoms with E-state index in [4.69, 9.17) is 9.84 Å². The van der Waals surface area contributed by atoms with Crippen molar-refractivity contribution < 1.29 is 14.6 Å². The van der Waals surface area contributed by atoms with Crippen molar-refractivity contribution in [1.29, 1.82) is 0 Å². The molecule has 2 heterocycles. The third kappa shape index (κ3) is 2.78. The van der Waals surface area contributed by atoms with Crippen LogP contribution in [0.3, 0.4) is 0 Å². The second-order valence-corrected chi connectivity index (χ2v) is 4.67. The van der Waals surface area contributed by atoms with Crippen molar-refractivity contribution >= 4 is 17.4 Å². The molecule has 0 aliphatic carbocycles. The lowest BCUT2D eigenvalue weighted by molar-refractivity contribution is 0.194. The lowest BCUT2D eigenvalue weighted by Gasteiger charge is -2.04. The number of methoxy groups -OCH3 is 1. The molecule has 2 N–H and O–H groups in total. The quantitative estimate of drug-likeness (QED) is 0.890. The topological polar surface area (TPSA) is 71.5 Å². The summed E-state index contributed by atoms with van der Waals surface area (Å²) in [6.45, 7) is 0.308. The number of nitrogens with one attached hydrogen (secondary N) is 1. The van der Waals surface area contributed by atoms with Gasteiger partial charge in [-0.05, 0) is 18.2 Å². The molecule has 0 aromatic carbocycles. The molecule has 2 rings (SSSR count). The Bertz CT molecular complexity index is 554. The average Bonchev–Trinajstić information content (AvgIpc) is 2.85. The smallest absolute Gasteiger partial charge is 0.404 e. The minimum absolute atomic E-state index is 0.308. The number of aromatic nitrogens is 1. The molecule has 0 bridgehead atoms.